The van der Waals surface area contributed by atoms with Gasteiger partial charge in [-0.05, 0) is 54.0 Å². The van der Waals surface area contributed by atoms with E-state index in [2.05, 4.69) is 0 Å². The summed E-state index contributed by atoms with van der Waals surface area (Å²) in [7, 11) is -3.68. The highest BCUT2D eigenvalue weighted by molar-refractivity contribution is 7.92. The Kier molecular flexibility index (Phi) is 5.55. The maximum atomic E-state index is 13.1. The summed E-state index contributed by atoms with van der Waals surface area (Å²) in [5, 5.41) is -1.08. The summed E-state index contributed by atoms with van der Waals surface area (Å²) in [6.07, 6.45) is -0.708. The van der Waals surface area contributed by atoms with E-state index in [1.54, 1.807) is 29.3 Å². The first kappa shape index (κ1) is 21.1. The van der Waals surface area contributed by atoms with Gasteiger partial charge in [0.15, 0.2) is 9.84 Å². The molecule has 2 aromatic rings. The molecule has 5 nitrogen and oxygen atoms in total. The van der Waals surface area contributed by atoms with Gasteiger partial charge < -0.3 is 15.4 Å². The number of nitrogens with two attached hydrogens (primary N) is 1. The van der Waals surface area contributed by atoms with E-state index < -0.39 is 33.0 Å². The number of fused-ring (bicyclic) bond motifs is 1. The van der Waals surface area contributed by atoms with Crippen LogP contribution in [-0.2, 0) is 27.4 Å². The lowest BCUT2D eigenvalue weighted by molar-refractivity contribution is -0.137. The van der Waals surface area contributed by atoms with Crippen molar-refractivity contribution in [3.8, 4) is 0 Å². The van der Waals surface area contributed by atoms with Gasteiger partial charge in [-0.1, -0.05) is 18.2 Å². The number of hydrogen-bond acceptors (Lipinski definition) is 5. The first-order chi connectivity index (χ1) is 13.5. The average molecular weight is 424 g/mol. The van der Waals surface area contributed by atoms with Gasteiger partial charge in [0.2, 0.25) is 0 Å². The average Bonchev–Trinajstić information content (AvgIpc) is 2.66. The van der Waals surface area contributed by atoms with Crippen LogP contribution in [0.1, 0.15) is 35.2 Å². The number of nitrogens with zero attached hydrogens (tertiary/aromatic N) is 1. The third-order valence-corrected chi connectivity index (χ3v) is 6.64. The van der Waals surface area contributed by atoms with E-state index in [0.29, 0.717) is 17.4 Å². The van der Waals surface area contributed by atoms with Crippen LogP contribution in [0.4, 0.5) is 13.2 Å². The van der Waals surface area contributed by atoms with Crippen molar-refractivity contribution in [3.63, 3.8) is 0 Å². The fraction of sp³-hybridized carbons (Fsp3) is 0.250. The van der Waals surface area contributed by atoms with Crippen LogP contribution in [0.3, 0.4) is 0 Å². The molecule has 0 saturated heterocycles. The summed E-state index contributed by atoms with van der Waals surface area (Å²) in [6, 6.07) is 8.47. The molecule has 3 rings (SSSR count). The number of alkyl halides is 3. The lowest BCUT2D eigenvalue weighted by Gasteiger charge is -2.32. The first-order valence-electron chi connectivity index (χ1n) is 8.73. The van der Waals surface area contributed by atoms with Gasteiger partial charge in [-0.3, -0.25) is 0 Å². The van der Waals surface area contributed by atoms with E-state index in [1.165, 1.54) is 25.1 Å². The molecule has 0 aliphatic carbocycles. The number of benzene rings is 2. The number of aldehydes is 1. The maximum Gasteiger partial charge on any atom is 0.416 e. The predicted molar refractivity (Wildman–Crippen MR) is 102 cm³/mol. The Labute approximate surface area is 166 Å². The molecular weight excluding hydrogens is 405 g/mol. The molecule has 2 unspecified atom stereocenters. The maximum absolute atomic E-state index is 13.1. The molecule has 9 heteroatoms. The molecule has 0 radical (unpaired) electrons. The normalized spacial score (nSPS) is 17.7. The van der Waals surface area contributed by atoms with Crippen LogP contribution in [0.15, 0.2) is 53.6 Å². The molecule has 1 heterocycles. The van der Waals surface area contributed by atoms with Crippen LogP contribution >= 0.6 is 0 Å². The van der Waals surface area contributed by atoms with Crippen molar-refractivity contribution in [3.05, 3.63) is 70.9 Å². The summed E-state index contributed by atoms with van der Waals surface area (Å²) in [6.45, 7) is 1.50. The minimum absolute atomic E-state index is 0.0494. The molecule has 154 valence electrons. The molecule has 1 aliphatic rings. The smallest absolute Gasteiger partial charge is 0.359 e. The van der Waals surface area contributed by atoms with Crippen LogP contribution in [0.25, 0.3) is 6.08 Å². The predicted octanol–water partition coefficient (Wildman–Crippen LogP) is 3.51. The zero-order valence-electron chi connectivity index (χ0n) is 15.4. The van der Waals surface area contributed by atoms with E-state index in [-0.39, 0.29) is 17.0 Å². The molecular formula is C20H19F3N2O3S. The highest BCUT2D eigenvalue weighted by Crippen LogP contribution is 2.36. The van der Waals surface area contributed by atoms with Crippen molar-refractivity contribution in [1.29, 1.82) is 0 Å². The monoisotopic (exact) mass is 424 g/mol. The van der Waals surface area contributed by atoms with E-state index in [9.17, 15) is 26.4 Å². The number of carbonyl (C=O) groups is 1. The van der Waals surface area contributed by atoms with Gasteiger partial charge in [-0.15, -0.1) is 0 Å². The summed E-state index contributed by atoms with van der Waals surface area (Å²) in [5.41, 5.74) is 6.06. The summed E-state index contributed by atoms with van der Waals surface area (Å²) in [4.78, 5) is 13.3. The van der Waals surface area contributed by atoms with Crippen LogP contribution < -0.4 is 5.73 Å². The quantitative estimate of drug-likeness (QED) is 0.743. The molecule has 0 bridgehead atoms. The first-order valence-corrected chi connectivity index (χ1v) is 10.3. The number of rotatable bonds is 5. The fourth-order valence-electron chi connectivity index (χ4n) is 3.16. The Morgan fingerprint density at radius 1 is 1.21 bits per heavy atom. The number of halogens is 3. The largest absolute Gasteiger partial charge is 0.416 e. The van der Waals surface area contributed by atoms with Gasteiger partial charge in [0.05, 0.1) is 10.5 Å². The number of hydrogen-bond donors (Lipinski definition) is 1. The molecule has 2 aromatic carbocycles. The molecule has 29 heavy (non-hydrogen) atoms. The highest BCUT2D eigenvalue weighted by atomic mass is 32.2. The van der Waals surface area contributed by atoms with E-state index in [0.717, 1.165) is 12.1 Å². The Morgan fingerprint density at radius 2 is 1.93 bits per heavy atom. The summed E-state index contributed by atoms with van der Waals surface area (Å²) >= 11 is 0. The van der Waals surface area contributed by atoms with Crippen molar-refractivity contribution in [2.24, 2.45) is 5.73 Å². The van der Waals surface area contributed by atoms with Crippen LogP contribution in [-0.4, -0.2) is 25.0 Å². The fourth-order valence-corrected chi connectivity index (χ4v) is 4.17. The Hall–Kier alpha value is -2.65. The van der Waals surface area contributed by atoms with Crippen molar-refractivity contribution in [1.82, 2.24) is 4.90 Å². The molecule has 0 amide bonds. The van der Waals surface area contributed by atoms with E-state index in [1.807, 2.05) is 0 Å². The number of carbonyl (C=O) groups excluding carboxylic acids is 1. The molecule has 2 N–H and O–H groups in total. The van der Waals surface area contributed by atoms with E-state index in [4.69, 9.17) is 5.73 Å². The molecule has 0 fully saturated rings. The summed E-state index contributed by atoms with van der Waals surface area (Å²) in [5.74, 6) is 0. The van der Waals surface area contributed by atoms with Crippen LogP contribution in [0.2, 0.25) is 0 Å². The van der Waals surface area contributed by atoms with E-state index >= 15 is 0 Å². The van der Waals surface area contributed by atoms with Gasteiger partial charge in [0, 0.05) is 12.7 Å². The number of sulfone groups is 1. The zero-order valence-corrected chi connectivity index (χ0v) is 16.2. The van der Waals surface area contributed by atoms with Crippen molar-refractivity contribution < 1.29 is 26.4 Å². The molecule has 0 saturated carbocycles. The Bertz CT molecular complexity index is 1060. The summed E-state index contributed by atoms with van der Waals surface area (Å²) < 4.78 is 63.8. The second-order valence-corrected chi connectivity index (χ2v) is 9.11. The van der Waals surface area contributed by atoms with Gasteiger partial charge in [0.1, 0.15) is 17.7 Å². The molecule has 0 aromatic heterocycles. The lowest BCUT2D eigenvalue weighted by atomic mass is 9.94. The minimum Gasteiger partial charge on any atom is -0.359 e. The molecule has 1 aliphatic heterocycles. The van der Waals surface area contributed by atoms with Crippen LogP contribution in [0, 0.1) is 0 Å². The second kappa shape index (κ2) is 7.64. The molecule has 0 spiro atoms. The van der Waals surface area contributed by atoms with Gasteiger partial charge >= 0.3 is 6.18 Å². The van der Waals surface area contributed by atoms with Crippen molar-refractivity contribution in [2.75, 3.05) is 0 Å². The third kappa shape index (κ3) is 4.20. The lowest BCUT2D eigenvalue weighted by Crippen LogP contribution is -2.28. The second-order valence-electron chi connectivity index (χ2n) is 6.81. The van der Waals surface area contributed by atoms with Crippen molar-refractivity contribution >= 4 is 22.2 Å². The SMILES string of the molecule is CC(N)S(=O)(=O)c1cccc(CN2C=Cc3ccc(C(F)(F)F)cc3C2C=O)c1. The molecule has 2 atom stereocenters. The topological polar surface area (TPSA) is 80.5 Å². The Balaban J connectivity index is 1.93. The Morgan fingerprint density at radius 3 is 2.55 bits per heavy atom. The van der Waals surface area contributed by atoms with Gasteiger partial charge in [-0.25, -0.2) is 8.42 Å². The minimum atomic E-state index is -4.52. The highest BCUT2D eigenvalue weighted by Gasteiger charge is 2.33. The van der Waals surface area contributed by atoms with Gasteiger partial charge in [-0.2, -0.15) is 13.2 Å². The van der Waals surface area contributed by atoms with Gasteiger partial charge in [0.25, 0.3) is 0 Å². The third-order valence-electron chi connectivity index (χ3n) is 4.75. The zero-order chi connectivity index (χ0) is 21.4. The van der Waals surface area contributed by atoms with Crippen molar-refractivity contribution in [2.45, 2.75) is 36.0 Å². The van der Waals surface area contributed by atoms with Crippen LogP contribution in [0.5, 0.6) is 0 Å². The standard InChI is InChI=1S/C20H19F3N2O3S/c1-13(24)29(27,28)17-4-2-3-14(9-17)11-25-8-7-15-5-6-16(20(21,22)23)10-18(15)19(25)12-26/h2-10,12-13,19H,11,24H2,1H3.